The highest BCUT2D eigenvalue weighted by molar-refractivity contribution is 7.98. The van der Waals surface area contributed by atoms with Crippen molar-refractivity contribution in [3.05, 3.63) is 62.7 Å². The molecule has 9 nitrogen and oxygen atoms in total. The van der Waals surface area contributed by atoms with Crippen molar-refractivity contribution in [3.63, 3.8) is 0 Å². The fourth-order valence-electron chi connectivity index (χ4n) is 2.53. The van der Waals surface area contributed by atoms with Gasteiger partial charge in [-0.3, -0.25) is 14.8 Å². The molecule has 0 aliphatic rings. The summed E-state index contributed by atoms with van der Waals surface area (Å²) in [6, 6.07) is 8.01. The van der Waals surface area contributed by atoms with Gasteiger partial charge in [-0.15, -0.1) is 10.2 Å². The maximum atomic E-state index is 11.1. The summed E-state index contributed by atoms with van der Waals surface area (Å²) in [5.74, 6) is 1.03. The molecule has 0 spiro atoms. The molecule has 0 saturated heterocycles. The molecule has 0 aliphatic carbocycles. The Hall–Kier alpha value is -3.01. The molecule has 140 valence electrons. The smallest absolute Gasteiger partial charge is 0.258 e. The third kappa shape index (κ3) is 4.05. The predicted molar refractivity (Wildman–Crippen MR) is 103 cm³/mol. The SMILES string of the molecule is Cc1ccc(/C=N/n2c(C)nnc2SCn2nc(C)c([N+](=O)[O-])c2C)cc1. The number of hydrogen-bond acceptors (Lipinski definition) is 7. The second-order valence-corrected chi connectivity index (χ2v) is 6.96. The highest BCUT2D eigenvalue weighted by atomic mass is 32.2. The Morgan fingerprint density at radius 1 is 1.19 bits per heavy atom. The summed E-state index contributed by atoms with van der Waals surface area (Å²) in [6.45, 7) is 7.16. The van der Waals surface area contributed by atoms with Gasteiger partial charge in [0.2, 0.25) is 5.16 Å². The van der Waals surface area contributed by atoms with Crippen LogP contribution < -0.4 is 0 Å². The molecule has 2 heterocycles. The van der Waals surface area contributed by atoms with Gasteiger partial charge in [-0.25, -0.2) is 0 Å². The number of nitro groups is 1. The van der Waals surface area contributed by atoms with E-state index in [1.54, 1.807) is 29.4 Å². The summed E-state index contributed by atoms with van der Waals surface area (Å²) in [4.78, 5) is 10.7. The largest absolute Gasteiger partial charge is 0.312 e. The van der Waals surface area contributed by atoms with E-state index in [1.807, 2.05) is 38.1 Å². The first-order chi connectivity index (χ1) is 12.9. The zero-order chi connectivity index (χ0) is 19.6. The van der Waals surface area contributed by atoms with E-state index in [2.05, 4.69) is 20.4 Å². The average molecular weight is 385 g/mol. The zero-order valence-electron chi connectivity index (χ0n) is 15.4. The number of aryl methyl sites for hydroxylation is 3. The lowest BCUT2D eigenvalue weighted by Gasteiger charge is -2.04. The van der Waals surface area contributed by atoms with E-state index in [4.69, 9.17) is 0 Å². The Morgan fingerprint density at radius 2 is 1.89 bits per heavy atom. The molecule has 3 aromatic rings. The summed E-state index contributed by atoms with van der Waals surface area (Å²) in [7, 11) is 0. The van der Waals surface area contributed by atoms with E-state index < -0.39 is 4.92 Å². The van der Waals surface area contributed by atoms with Crippen LogP contribution in [0.15, 0.2) is 34.5 Å². The first kappa shape index (κ1) is 18.8. The number of thioether (sulfide) groups is 1. The molecule has 0 bridgehead atoms. The van der Waals surface area contributed by atoms with E-state index >= 15 is 0 Å². The fourth-order valence-corrected chi connectivity index (χ4v) is 3.42. The molecular formula is C17H19N7O2S. The van der Waals surface area contributed by atoms with Crippen LogP contribution in [0.2, 0.25) is 0 Å². The van der Waals surface area contributed by atoms with E-state index in [9.17, 15) is 10.1 Å². The summed E-state index contributed by atoms with van der Waals surface area (Å²) < 4.78 is 3.24. The molecule has 10 heteroatoms. The molecule has 2 aromatic heterocycles. The second kappa shape index (κ2) is 7.70. The van der Waals surface area contributed by atoms with Gasteiger partial charge in [-0.2, -0.15) is 14.9 Å². The molecule has 0 unspecified atom stereocenters. The second-order valence-electron chi connectivity index (χ2n) is 6.05. The van der Waals surface area contributed by atoms with Crippen molar-refractivity contribution >= 4 is 23.7 Å². The summed E-state index contributed by atoms with van der Waals surface area (Å²) in [6.07, 6.45) is 1.74. The van der Waals surface area contributed by atoms with Crippen LogP contribution in [-0.4, -0.2) is 35.8 Å². The number of hydrogen-bond donors (Lipinski definition) is 0. The van der Waals surface area contributed by atoms with Crippen LogP contribution in [0.3, 0.4) is 0 Å². The van der Waals surface area contributed by atoms with Gasteiger partial charge in [0.25, 0.3) is 0 Å². The van der Waals surface area contributed by atoms with Crippen molar-refractivity contribution in [1.82, 2.24) is 24.7 Å². The van der Waals surface area contributed by atoms with Crippen LogP contribution in [0.5, 0.6) is 0 Å². The van der Waals surface area contributed by atoms with Crippen LogP contribution in [-0.2, 0) is 5.88 Å². The summed E-state index contributed by atoms with van der Waals surface area (Å²) >= 11 is 1.36. The van der Waals surface area contributed by atoms with Crippen molar-refractivity contribution in [2.75, 3.05) is 0 Å². The normalized spacial score (nSPS) is 11.4. The van der Waals surface area contributed by atoms with Crippen LogP contribution in [0.1, 0.15) is 28.3 Å². The molecule has 3 rings (SSSR count). The van der Waals surface area contributed by atoms with Gasteiger partial charge >= 0.3 is 5.69 Å². The molecule has 0 amide bonds. The minimum atomic E-state index is -0.405. The predicted octanol–water partition coefficient (Wildman–Crippen LogP) is 3.25. The van der Waals surface area contributed by atoms with Crippen molar-refractivity contribution in [3.8, 4) is 0 Å². The molecule has 1 aromatic carbocycles. The molecule has 0 saturated carbocycles. The van der Waals surface area contributed by atoms with E-state index in [0.29, 0.717) is 28.2 Å². The van der Waals surface area contributed by atoms with E-state index in [-0.39, 0.29) is 5.69 Å². The number of rotatable bonds is 6. The van der Waals surface area contributed by atoms with Gasteiger partial charge in [0.05, 0.1) is 17.0 Å². The summed E-state index contributed by atoms with van der Waals surface area (Å²) in [5.41, 5.74) is 3.11. The highest BCUT2D eigenvalue weighted by Crippen LogP contribution is 2.25. The van der Waals surface area contributed by atoms with Crippen molar-refractivity contribution in [2.45, 2.75) is 38.7 Å². The summed E-state index contributed by atoms with van der Waals surface area (Å²) in [5, 5.41) is 28.6. The minimum Gasteiger partial charge on any atom is -0.258 e. The maximum absolute atomic E-state index is 11.1. The van der Waals surface area contributed by atoms with Crippen molar-refractivity contribution < 1.29 is 4.92 Å². The number of benzene rings is 1. The number of nitrogens with zero attached hydrogens (tertiary/aromatic N) is 7. The van der Waals surface area contributed by atoms with Gasteiger partial charge in [-0.1, -0.05) is 41.6 Å². The quantitative estimate of drug-likeness (QED) is 0.279. The Morgan fingerprint density at radius 3 is 2.52 bits per heavy atom. The van der Waals surface area contributed by atoms with Gasteiger partial charge in [0.15, 0.2) is 5.82 Å². The topological polar surface area (TPSA) is 104 Å². The lowest BCUT2D eigenvalue weighted by Crippen LogP contribution is -2.02. The Balaban J connectivity index is 1.78. The van der Waals surface area contributed by atoms with Gasteiger partial charge < -0.3 is 0 Å². The highest BCUT2D eigenvalue weighted by Gasteiger charge is 2.22. The van der Waals surface area contributed by atoms with Gasteiger partial charge in [-0.05, 0) is 33.3 Å². The fraction of sp³-hybridized carbons (Fsp3) is 0.294. The standard InChI is InChI=1S/C17H19N7O2S/c1-11-5-7-15(8-6-11)9-18-23-14(4)19-20-17(23)27-10-22-13(3)16(24(25)26)12(2)21-22/h5-9H,10H2,1-4H3/b18-9+. The first-order valence-corrected chi connectivity index (χ1v) is 9.19. The average Bonchev–Trinajstić information content (AvgIpc) is 3.11. The lowest BCUT2D eigenvalue weighted by molar-refractivity contribution is -0.386. The molecule has 0 fully saturated rings. The van der Waals surface area contributed by atoms with Crippen LogP contribution in [0.4, 0.5) is 5.69 Å². The first-order valence-electron chi connectivity index (χ1n) is 8.21. The Bertz CT molecular complexity index is 1010. The molecule has 0 radical (unpaired) electrons. The van der Waals surface area contributed by atoms with E-state index in [1.165, 1.54) is 17.3 Å². The maximum Gasteiger partial charge on any atom is 0.312 e. The molecule has 0 N–H and O–H groups in total. The molecule has 0 aliphatic heterocycles. The van der Waals surface area contributed by atoms with E-state index in [0.717, 1.165) is 5.56 Å². The van der Waals surface area contributed by atoms with Crippen LogP contribution in [0, 0.1) is 37.8 Å². The Labute approximate surface area is 160 Å². The zero-order valence-corrected chi connectivity index (χ0v) is 16.3. The van der Waals surface area contributed by atoms with Crippen molar-refractivity contribution in [2.24, 2.45) is 5.10 Å². The van der Waals surface area contributed by atoms with Crippen LogP contribution in [0.25, 0.3) is 0 Å². The molecule has 0 atom stereocenters. The minimum absolute atomic E-state index is 0.0469. The number of aromatic nitrogens is 5. The van der Waals surface area contributed by atoms with Crippen molar-refractivity contribution in [1.29, 1.82) is 0 Å². The van der Waals surface area contributed by atoms with Gasteiger partial charge in [0, 0.05) is 0 Å². The van der Waals surface area contributed by atoms with Gasteiger partial charge in [0.1, 0.15) is 11.4 Å². The third-order valence-electron chi connectivity index (χ3n) is 4.01. The van der Waals surface area contributed by atoms with Crippen LogP contribution >= 0.6 is 11.8 Å². The third-order valence-corrected chi connectivity index (χ3v) is 4.90. The monoisotopic (exact) mass is 385 g/mol. The Kier molecular flexibility index (Phi) is 5.36. The lowest BCUT2D eigenvalue weighted by atomic mass is 10.2. The molecular weight excluding hydrogens is 366 g/mol. The molecule has 27 heavy (non-hydrogen) atoms.